The van der Waals surface area contributed by atoms with Gasteiger partial charge in [-0.15, -0.1) is 11.8 Å². The van der Waals surface area contributed by atoms with Gasteiger partial charge in [-0.05, 0) is 29.8 Å². The van der Waals surface area contributed by atoms with Crippen molar-refractivity contribution in [3.05, 3.63) is 68.7 Å². The number of aliphatic hydroxyl groups excluding tert-OH is 1. The van der Waals surface area contributed by atoms with Crippen LogP contribution in [0.2, 0.25) is 5.02 Å². The first kappa shape index (κ1) is 27.6. The molecule has 1 unspecified atom stereocenters. The zero-order valence-electron chi connectivity index (χ0n) is 15.8. The number of nitrogens with zero attached hydrogens (tertiary/aromatic N) is 1. The minimum atomic E-state index is -4.75. The molecular formula is C18H15ClF3NO7S2. The van der Waals surface area contributed by atoms with E-state index in [1.54, 1.807) is 6.07 Å². The molecule has 14 heteroatoms. The summed E-state index contributed by atoms with van der Waals surface area (Å²) in [5, 5.41) is 37.2. The number of benzene rings is 2. The number of hydrogen-bond donors (Lipinski definition) is 3. The van der Waals surface area contributed by atoms with Crippen LogP contribution in [0.3, 0.4) is 0 Å². The number of aliphatic hydroxyl groups is 1. The van der Waals surface area contributed by atoms with Gasteiger partial charge in [0.2, 0.25) is 5.44 Å². The second-order valence-corrected chi connectivity index (χ2v) is 8.31. The van der Waals surface area contributed by atoms with E-state index in [9.17, 15) is 32.9 Å². The summed E-state index contributed by atoms with van der Waals surface area (Å²) in [5.74, 6) is -1.62. The molecule has 8 nitrogen and oxygen atoms in total. The Morgan fingerprint density at radius 3 is 2.31 bits per heavy atom. The zero-order chi connectivity index (χ0) is 24.5. The van der Waals surface area contributed by atoms with Gasteiger partial charge in [0.25, 0.3) is 5.69 Å². The average Bonchev–Trinajstić information content (AvgIpc) is 2.67. The number of carboxylic acids is 2. The van der Waals surface area contributed by atoms with Crippen LogP contribution in [0.4, 0.5) is 18.9 Å². The van der Waals surface area contributed by atoms with E-state index in [-0.39, 0.29) is 28.5 Å². The Balaban J connectivity index is 0.000000343. The van der Waals surface area contributed by atoms with E-state index in [1.807, 2.05) is 18.2 Å². The summed E-state index contributed by atoms with van der Waals surface area (Å²) in [5.41, 5.74) is -3.09. The van der Waals surface area contributed by atoms with Crippen LogP contribution in [0.15, 0.2) is 47.4 Å². The molecule has 0 spiro atoms. The molecule has 32 heavy (non-hydrogen) atoms. The first-order valence-corrected chi connectivity index (χ1v) is 10.7. The quantitative estimate of drug-likeness (QED) is 0.197. The molecule has 2 aromatic rings. The molecule has 0 aliphatic rings. The highest BCUT2D eigenvalue weighted by atomic mass is 35.5. The first-order chi connectivity index (χ1) is 14.8. The van der Waals surface area contributed by atoms with E-state index in [0.29, 0.717) is 16.8 Å². The fourth-order valence-corrected chi connectivity index (χ4v) is 3.64. The molecule has 1 atom stereocenters. The van der Waals surface area contributed by atoms with Crippen molar-refractivity contribution in [1.82, 2.24) is 0 Å². The van der Waals surface area contributed by atoms with E-state index < -0.39 is 39.7 Å². The van der Waals surface area contributed by atoms with E-state index in [2.05, 4.69) is 0 Å². The number of nitro benzene ring substituents is 1. The first-order valence-electron chi connectivity index (χ1n) is 8.28. The third-order valence-electron chi connectivity index (χ3n) is 3.32. The topological polar surface area (TPSA) is 138 Å². The molecule has 0 bridgehead atoms. The van der Waals surface area contributed by atoms with Crippen molar-refractivity contribution in [2.45, 2.75) is 22.3 Å². The van der Waals surface area contributed by atoms with E-state index in [1.165, 1.54) is 11.8 Å². The number of thioether (sulfide) groups is 2. The smallest absolute Gasteiger partial charge is 0.416 e. The van der Waals surface area contributed by atoms with Gasteiger partial charge < -0.3 is 15.3 Å². The minimum absolute atomic E-state index is 0.131. The zero-order valence-corrected chi connectivity index (χ0v) is 18.2. The Hall–Kier alpha value is -2.48. The van der Waals surface area contributed by atoms with Gasteiger partial charge in [-0.25, -0.2) is 4.79 Å². The highest BCUT2D eigenvalue weighted by Gasteiger charge is 2.33. The number of carboxylic acid groups (broad SMARTS) is 2. The molecular weight excluding hydrogens is 499 g/mol. The maximum Gasteiger partial charge on any atom is 0.416 e. The van der Waals surface area contributed by atoms with Gasteiger partial charge in [0.1, 0.15) is 0 Å². The second-order valence-electron chi connectivity index (χ2n) is 5.76. The molecule has 0 radical (unpaired) electrons. The van der Waals surface area contributed by atoms with Crippen molar-refractivity contribution in [2.24, 2.45) is 0 Å². The van der Waals surface area contributed by atoms with Gasteiger partial charge in [-0.2, -0.15) is 13.2 Å². The van der Waals surface area contributed by atoms with Crippen LogP contribution >= 0.6 is 35.1 Å². The van der Waals surface area contributed by atoms with E-state index in [0.717, 1.165) is 11.6 Å². The third-order valence-corrected chi connectivity index (χ3v) is 5.56. The highest BCUT2D eigenvalue weighted by molar-refractivity contribution is 8.00. The number of hydrogen-bond acceptors (Lipinski definition) is 7. The maximum atomic E-state index is 12.4. The van der Waals surface area contributed by atoms with Crippen molar-refractivity contribution >= 4 is 52.8 Å². The van der Waals surface area contributed by atoms with Crippen LogP contribution in [0.25, 0.3) is 0 Å². The molecule has 0 aromatic heterocycles. The summed E-state index contributed by atoms with van der Waals surface area (Å²) >= 11 is 7.30. The lowest BCUT2D eigenvalue weighted by molar-refractivity contribution is -0.388. The van der Waals surface area contributed by atoms with Crippen molar-refractivity contribution < 1.29 is 43.0 Å². The molecule has 0 saturated heterocycles. The van der Waals surface area contributed by atoms with Gasteiger partial charge in [-0.1, -0.05) is 35.5 Å². The number of carbonyl (C=O) groups is 2. The fourth-order valence-electron chi connectivity index (χ4n) is 1.99. The lowest BCUT2D eigenvalue weighted by atomic mass is 10.2. The van der Waals surface area contributed by atoms with Crippen LogP contribution in [-0.4, -0.2) is 43.4 Å². The van der Waals surface area contributed by atoms with E-state index >= 15 is 0 Å². The normalized spacial score (nSPS) is 11.8. The van der Waals surface area contributed by atoms with Crippen molar-refractivity contribution in [3.63, 3.8) is 0 Å². The summed E-state index contributed by atoms with van der Waals surface area (Å²) in [7, 11) is 0. The molecule has 0 aliphatic heterocycles. The molecule has 2 aromatic carbocycles. The van der Waals surface area contributed by atoms with Gasteiger partial charge in [0, 0.05) is 16.8 Å². The SMILES string of the molecule is O=C(O)C(O)Sc1ccc(C(F)(F)F)cc1[N+](=O)[O-].O=C(O)CSCc1cccc(Cl)c1. The largest absolute Gasteiger partial charge is 0.481 e. The molecule has 0 saturated carbocycles. The summed E-state index contributed by atoms with van der Waals surface area (Å²) < 4.78 is 37.1. The van der Waals surface area contributed by atoms with E-state index in [4.69, 9.17) is 26.9 Å². The molecule has 0 amide bonds. The summed E-state index contributed by atoms with van der Waals surface area (Å²) in [4.78, 5) is 29.8. The molecule has 174 valence electrons. The number of alkyl halides is 3. The minimum Gasteiger partial charge on any atom is -0.481 e. The maximum absolute atomic E-state index is 12.4. The lowest BCUT2D eigenvalue weighted by Gasteiger charge is -2.09. The Bertz CT molecular complexity index is 976. The standard InChI is InChI=1S/C9H9ClO2S.C9H6F3NO5S/c10-8-3-1-2-7(4-8)5-13-6-9(11)12;10-9(11,12)4-1-2-6(5(3-4)13(17)18)19-8(16)7(14)15/h1-4H,5-6H2,(H,11,12);1-3,8,16H,(H,14,15). The van der Waals surface area contributed by atoms with Crippen molar-refractivity contribution in [3.8, 4) is 0 Å². The average molecular weight is 514 g/mol. The molecule has 2 rings (SSSR count). The van der Waals surface area contributed by atoms with Crippen LogP contribution in [0.1, 0.15) is 11.1 Å². The number of halogens is 4. The molecule has 0 fully saturated rings. The van der Waals surface area contributed by atoms with Crippen molar-refractivity contribution in [1.29, 1.82) is 0 Å². The summed E-state index contributed by atoms with van der Waals surface area (Å²) in [6.07, 6.45) is -4.75. The van der Waals surface area contributed by atoms with Gasteiger partial charge in [0.15, 0.2) is 0 Å². The number of nitro groups is 1. The van der Waals surface area contributed by atoms with Crippen molar-refractivity contribution in [2.75, 3.05) is 5.75 Å². The van der Waals surface area contributed by atoms with Gasteiger partial charge >= 0.3 is 18.1 Å². The fraction of sp³-hybridized carbons (Fsp3) is 0.222. The third kappa shape index (κ3) is 9.77. The molecule has 3 N–H and O–H groups in total. The second kappa shape index (κ2) is 12.5. The lowest BCUT2D eigenvalue weighted by Crippen LogP contribution is -2.15. The molecule has 0 aliphatic carbocycles. The Kier molecular flexibility index (Phi) is 10.8. The van der Waals surface area contributed by atoms with Gasteiger partial charge in [0.05, 0.1) is 21.1 Å². The monoisotopic (exact) mass is 513 g/mol. The Labute approximate surface area is 192 Å². The highest BCUT2D eigenvalue weighted by Crippen LogP contribution is 2.37. The molecule has 0 heterocycles. The van der Waals surface area contributed by atoms with Crippen LogP contribution in [0, 0.1) is 10.1 Å². The summed E-state index contributed by atoms with van der Waals surface area (Å²) in [6.45, 7) is 0. The predicted octanol–water partition coefficient (Wildman–Crippen LogP) is 4.77. The van der Waals surface area contributed by atoms with Crippen LogP contribution in [0.5, 0.6) is 0 Å². The van der Waals surface area contributed by atoms with Gasteiger partial charge in [-0.3, -0.25) is 14.9 Å². The van der Waals surface area contributed by atoms with Crippen LogP contribution < -0.4 is 0 Å². The Morgan fingerprint density at radius 2 is 1.81 bits per heavy atom. The van der Waals surface area contributed by atoms with Crippen LogP contribution in [-0.2, 0) is 21.5 Å². The Morgan fingerprint density at radius 1 is 1.16 bits per heavy atom. The predicted molar refractivity (Wildman–Crippen MR) is 113 cm³/mol. The number of aliphatic carboxylic acids is 2. The summed E-state index contributed by atoms with van der Waals surface area (Å²) in [6, 6.07) is 9.04. The number of rotatable bonds is 8.